The number of rotatable bonds is 4. The SMILES string of the molecule is CNC(=O)CN1c2ccccc2C(=O)N(C)C1c1cc(C)ccc1OC. The average Bonchev–Trinajstić information content (AvgIpc) is 2.66. The van der Waals surface area contributed by atoms with E-state index in [1.54, 1.807) is 32.2 Å². The molecule has 0 spiro atoms. The molecule has 1 aliphatic heterocycles. The number of methoxy groups -OCH3 is 1. The number of carbonyl (C=O) groups is 2. The van der Waals surface area contributed by atoms with Gasteiger partial charge in [-0.2, -0.15) is 0 Å². The van der Waals surface area contributed by atoms with Crippen LogP contribution in [0.4, 0.5) is 5.69 Å². The lowest BCUT2D eigenvalue weighted by molar-refractivity contribution is -0.119. The molecule has 26 heavy (non-hydrogen) atoms. The first-order valence-corrected chi connectivity index (χ1v) is 8.46. The Kier molecular flexibility index (Phi) is 4.84. The van der Waals surface area contributed by atoms with Crippen molar-refractivity contribution in [3.63, 3.8) is 0 Å². The highest BCUT2D eigenvalue weighted by Gasteiger charge is 2.38. The highest BCUT2D eigenvalue weighted by Crippen LogP contribution is 2.40. The minimum atomic E-state index is -0.440. The fourth-order valence-corrected chi connectivity index (χ4v) is 3.38. The van der Waals surface area contributed by atoms with Gasteiger partial charge in [0.1, 0.15) is 11.9 Å². The van der Waals surface area contributed by atoms with E-state index in [0.29, 0.717) is 11.3 Å². The average molecular weight is 353 g/mol. The molecular weight excluding hydrogens is 330 g/mol. The van der Waals surface area contributed by atoms with Gasteiger partial charge in [-0.25, -0.2) is 0 Å². The predicted molar refractivity (Wildman–Crippen MR) is 100 cm³/mol. The van der Waals surface area contributed by atoms with Gasteiger partial charge in [-0.3, -0.25) is 9.59 Å². The Morgan fingerprint density at radius 3 is 2.65 bits per heavy atom. The molecule has 6 heteroatoms. The topological polar surface area (TPSA) is 61.9 Å². The third kappa shape index (κ3) is 2.98. The molecule has 0 aliphatic carbocycles. The van der Waals surface area contributed by atoms with Crippen molar-refractivity contribution in [3.05, 3.63) is 59.2 Å². The van der Waals surface area contributed by atoms with Gasteiger partial charge in [0.05, 0.1) is 24.9 Å². The number of aryl methyl sites for hydroxylation is 1. The smallest absolute Gasteiger partial charge is 0.257 e. The lowest BCUT2D eigenvalue weighted by atomic mass is 9.99. The minimum absolute atomic E-state index is 0.0812. The molecule has 1 unspecified atom stereocenters. The normalized spacial score (nSPS) is 16.3. The second-order valence-electron chi connectivity index (χ2n) is 6.35. The van der Waals surface area contributed by atoms with Crippen LogP contribution in [0.5, 0.6) is 5.75 Å². The quantitative estimate of drug-likeness (QED) is 0.916. The summed E-state index contributed by atoms with van der Waals surface area (Å²) in [5, 5.41) is 2.67. The predicted octanol–water partition coefficient (Wildman–Crippen LogP) is 2.34. The molecule has 3 rings (SSSR count). The molecule has 0 aromatic heterocycles. The van der Waals surface area contributed by atoms with E-state index in [4.69, 9.17) is 4.74 Å². The summed E-state index contributed by atoms with van der Waals surface area (Å²) in [6.45, 7) is 2.12. The summed E-state index contributed by atoms with van der Waals surface area (Å²) in [5.74, 6) is 0.475. The van der Waals surface area contributed by atoms with Gasteiger partial charge in [0.15, 0.2) is 0 Å². The van der Waals surface area contributed by atoms with Crippen LogP contribution >= 0.6 is 0 Å². The van der Waals surface area contributed by atoms with E-state index in [1.165, 1.54) is 0 Å². The van der Waals surface area contributed by atoms with Gasteiger partial charge in [-0.15, -0.1) is 0 Å². The number of likely N-dealkylation sites (N-methyl/N-ethyl adjacent to an activating group) is 1. The lowest BCUT2D eigenvalue weighted by Crippen LogP contribution is -2.50. The summed E-state index contributed by atoms with van der Waals surface area (Å²) in [4.78, 5) is 28.7. The maximum atomic E-state index is 12.9. The van der Waals surface area contributed by atoms with Crippen molar-refractivity contribution in [2.75, 3.05) is 32.6 Å². The Morgan fingerprint density at radius 1 is 1.23 bits per heavy atom. The summed E-state index contributed by atoms with van der Waals surface area (Å²) in [6.07, 6.45) is -0.440. The van der Waals surface area contributed by atoms with Crippen LogP contribution < -0.4 is 15.0 Å². The van der Waals surface area contributed by atoms with Crippen LogP contribution in [-0.4, -0.2) is 44.5 Å². The zero-order chi connectivity index (χ0) is 18.8. The highest BCUT2D eigenvalue weighted by molar-refractivity contribution is 6.02. The Balaban J connectivity index is 2.20. The van der Waals surface area contributed by atoms with Crippen molar-refractivity contribution >= 4 is 17.5 Å². The number of ether oxygens (including phenoxy) is 1. The summed E-state index contributed by atoms with van der Waals surface area (Å²) < 4.78 is 5.54. The maximum absolute atomic E-state index is 12.9. The van der Waals surface area contributed by atoms with Crippen LogP contribution in [0.1, 0.15) is 27.7 Å². The standard InChI is InChI=1S/C20H23N3O3/c1-13-9-10-17(26-4)15(11-13)19-22(3)20(25)14-7-5-6-8-16(14)23(19)12-18(24)21-2/h5-11,19H,12H2,1-4H3,(H,21,24). The van der Waals surface area contributed by atoms with Crippen molar-refractivity contribution in [1.82, 2.24) is 10.2 Å². The van der Waals surface area contributed by atoms with Crippen LogP contribution in [0.15, 0.2) is 42.5 Å². The monoisotopic (exact) mass is 353 g/mol. The number of benzene rings is 2. The van der Waals surface area contributed by atoms with Crippen molar-refractivity contribution in [3.8, 4) is 5.75 Å². The fraction of sp³-hybridized carbons (Fsp3) is 0.300. The van der Waals surface area contributed by atoms with Gasteiger partial charge in [0, 0.05) is 19.7 Å². The molecule has 6 nitrogen and oxygen atoms in total. The maximum Gasteiger partial charge on any atom is 0.257 e. The molecule has 1 heterocycles. The second kappa shape index (κ2) is 7.07. The van der Waals surface area contributed by atoms with Crippen molar-refractivity contribution < 1.29 is 14.3 Å². The van der Waals surface area contributed by atoms with Crippen LogP contribution in [0.3, 0.4) is 0 Å². The lowest BCUT2D eigenvalue weighted by Gasteiger charge is -2.44. The molecule has 2 aromatic carbocycles. The first kappa shape index (κ1) is 17.8. The van der Waals surface area contributed by atoms with Gasteiger partial charge in [0.2, 0.25) is 5.91 Å². The first-order chi connectivity index (χ1) is 12.5. The summed E-state index contributed by atoms with van der Waals surface area (Å²) in [6, 6.07) is 13.2. The Labute approximate surface area is 153 Å². The third-order valence-electron chi connectivity index (χ3n) is 4.68. The zero-order valence-corrected chi connectivity index (χ0v) is 15.4. The number of hydrogen-bond donors (Lipinski definition) is 1. The van der Waals surface area contributed by atoms with Gasteiger partial charge < -0.3 is 19.9 Å². The number of anilines is 1. The van der Waals surface area contributed by atoms with Gasteiger partial charge in [0.25, 0.3) is 5.91 Å². The number of fused-ring (bicyclic) bond motifs is 1. The highest BCUT2D eigenvalue weighted by atomic mass is 16.5. The Bertz CT molecular complexity index is 850. The van der Waals surface area contributed by atoms with Crippen molar-refractivity contribution in [1.29, 1.82) is 0 Å². The van der Waals surface area contributed by atoms with Gasteiger partial charge in [-0.05, 0) is 31.2 Å². The summed E-state index contributed by atoms with van der Waals surface area (Å²) >= 11 is 0. The summed E-state index contributed by atoms with van der Waals surface area (Å²) in [5.41, 5.74) is 3.23. The van der Waals surface area contributed by atoms with E-state index < -0.39 is 6.17 Å². The molecular formula is C20H23N3O3. The van der Waals surface area contributed by atoms with E-state index in [2.05, 4.69) is 5.32 Å². The number of nitrogens with zero attached hydrogens (tertiary/aromatic N) is 2. The molecule has 0 bridgehead atoms. The molecule has 0 fully saturated rings. The molecule has 136 valence electrons. The minimum Gasteiger partial charge on any atom is -0.496 e. The van der Waals surface area contributed by atoms with Crippen LogP contribution in [0.2, 0.25) is 0 Å². The van der Waals surface area contributed by atoms with E-state index in [0.717, 1.165) is 16.8 Å². The number of amides is 2. The Morgan fingerprint density at radius 2 is 1.96 bits per heavy atom. The first-order valence-electron chi connectivity index (χ1n) is 8.46. The Hall–Kier alpha value is -3.02. The van der Waals surface area contributed by atoms with Crippen LogP contribution in [-0.2, 0) is 4.79 Å². The zero-order valence-electron chi connectivity index (χ0n) is 15.4. The third-order valence-corrected chi connectivity index (χ3v) is 4.68. The number of para-hydroxylation sites is 1. The number of carbonyl (C=O) groups excluding carboxylic acids is 2. The molecule has 0 saturated heterocycles. The van der Waals surface area contributed by atoms with Gasteiger partial charge >= 0.3 is 0 Å². The second-order valence-corrected chi connectivity index (χ2v) is 6.35. The summed E-state index contributed by atoms with van der Waals surface area (Å²) in [7, 11) is 4.97. The van der Waals surface area contributed by atoms with E-state index >= 15 is 0 Å². The number of hydrogen-bond acceptors (Lipinski definition) is 4. The molecule has 2 amide bonds. The van der Waals surface area contributed by atoms with Gasteiger partial charge in [-0.1, -0.05) is 23.8 Å². The molecule has 2 aromatic rings. The van der Waals surface area contributed by atoms with E-state index in [1.807, 2.05) is 48.2 Å². The molecule has 0 radical (unpaired) electrons. The van der Waals surface area contributed by atoms with Crippen LogP contribution in [0.25, 0.3) is 0 Å². The molecule has 0 saturated carbocycles. The number of nitrogens with one attached hydrogen (secondary N) is 1. The fourth-order valence-electron chi connectivity index (χ4n) is 3.38. The van der Waals surface area contributed by atoms with E-state index in [9.17, 15) is 9.59 Å². The van der Waals surface area contributed by atoms with E-state index in [-0.39, 0.29) is 18.4 Å². The molecule has 1 atom stereocenters. The van der Waals surface area contributed by atoms with Crippen LogP contribution in [0, 0.1) is 6.92 Å². The molecule has 1 N–H and O–H groups in total. The largest absolute Gasteiger partial charge is 0.496 e. The van der Waals surface area contributed by atoms with Crippen molar-refractivity contribution in [2.45, 2.75) is 13.1 Å². The molecule has 1 aliphatic rings. The van der Waals surface area contributed by atoms with Crippen molar-refractivity contribution in [2.24, 2.45) is 0 Å².